The van der Waals surface area contributed by atoms with E-state index in [0.717, 1.165) is 0 Å². The van der Waals surface area contributed by atoms with Crippen LogP contribution in [0.2, 0.25) is 0 Å². The van der Waals surface area contributed by atoms with Gasteiger partial charge in [0.1, 0.15) is 18.8 Å². The molecule has 0 spiro atoms. The number of rotatable bonds is 5. The zero-order valence-corrected chi connectivity index (χ0v) is 8.61. The van der Waals surface area contributed by atoms with E-state index >= 15 is 0 Å². The molecule has 88 valence electrons. The number of ether oxygens (including phenoxy) is 1. The Morgan fingerprint density at radius 2 is 1.81 bits per heavy atom. The fraction of sp³-hybridized carbons (Fsp3) is 0.364. The molecule has 0 aromatic heterocycles. The summed E-state index contributed by atoms with van der Waals surface area (Å²) in [6.45, 7) is -0.931. The van der Waals surface area contributed by atoms with E-state index < -0.39 is 24.8 Å². The predicted molar refractivity (Wildman–Crippen MR) is 55.8 cm³/mol. The highest BCUT2D eigenvalue weighted by atomic mass is 16.5. The maximum Gasteiger partial charge on any atom is 0.338 e. The molecule has 1 rings (SSSR count). The molecule has 0 aliphatic heterocycles. The SMILES string of the molecule is O=C(OCC(O)C(O)CO)c1ccccc1. The first-order valence-electron chi connectivity index (χ1n) is 4.84. The summed E-state index contributed by atoms with van der Waals surface area (Å²) in [5.41, 5.74) is 0.369. The van der Waals surface area contributed by atoms with E-state index in [4.69, 9.17) is 14.9 Å². The molecule has 0 bridgehead atoms. The third-order valence-corrected chi connectivity index (χ3v) is 2.03. The van der Waals surface area contributed by atoms with Gasteiger partial charge in [0.25, 0.3) is 0 Å². The van der Waals surface area contributed by atoms with Crippen molar-refractivity contribution in [3.05, 3.63) is 35.9 Å². The second-order valence-electron chi connectivity index (χ2n) is 3.28. The first kappa shape index (κ1) is 12.6. The van der Waals surface area contributed by atoms with Crippen LogP contribution in [0.15, 0.2) is 30.3 Å². The van der Waals surface area contributed by atoms with Crippen LogP contribution in [0.5, 0.6) is 0 Å². The molecule has 2 unspecified atom stereocenters. The summed E-state index contributed by atoms with van der Waals surface area (Å²) in [6.07, 6.45) is -2.58. The number of aliphatic hydroxyl groups excluding tert-OH is 3. The van der Waals surface area contributed by atoms with E-state index in [9.17, 15) is 9.90 Å². The average molecular weight is 226 g/mol. The van der Waals surface area contributed by atoms with Gasteiger partial charge in [-0.2, -0.15) is 0 Å². The van der Waals surface area contributed by atoms with E-state index in [2.05, 4.69) is 0 Å². The maximum atomic E-state index is 11.4. The lowest BCUT2D eigenvalue weighted by molar-refractivity contribution is -0.0467. The van der Waals surface area contributed by atoms with E-state index in [-0.39, 0.29) is 6.61 Å². The molecule has 0 saturated carbocycles. The lowest BCUT2D eigenvalue weighted by atomic mass is 10.2. The highest BCUT2D eigenvalue weighted by molar-refractivity contribution is 5.89. The molecule has 1 aromatic carbocycles. The second-order valence-corrected chi connectivity index (χ2v) is 3.28. The molecule has 0 aliphatic rings. The Morgan fingerprint density at radius 1 is 1.19 bits per heavy atom. The van der Waals surface area contributed by atoms with E-state index in [1.807, 2.05) is 0 Å². The molecular weight excluding hydrogens is 212 g/mol. The molecule has 0 heterocycles. The molecule has 0 aliphatic carbocycles. The summed E-state index contributed by atoms with van der Waals surface area (Å²) in [5.74, 6) is -0.579. The summed E-state index contributed by atoms with van der Waals surface area (Å²) in [5, 5.41) is 26.8. The third-order valence-electron chi connectivity index (χ3n) is 2.03. The van der Waals surface area contributed by atoms with Gasteiger partial charge in [0.15, 0.2) is 0 Å². The summed E-state index contributed by atoms with van der Waals surface area (Å²) < 4.78 is 4.75. The molecule has 5 nitrogen and oxygen atoms in total. The first-order chi connectivity index (χ1) is 7.65. The molecule has 0 saturated heterocycles. The van der Waals surface area contributed by atoms with Gasteiger partial charge in [-0.25, -0.2) is 4.79 Å². The summed E-state index contributed by atoms with van der Waals surface area (Å²) >= 11 is 0. The number of aliphatic hydroxyl groups is 3. The summed E-state index contributed by atoms with van der Waals surface area (Å²) in [6, 6.07) is 8.31. The molecule has 16 heavy (non-hydrogen) atoms. The molecule has 0 fully saturated rings. The van der Waals surface area contributed by atoms with Crippen molar-refractivity contribution in [2.24, 2.45) is 0 Å². The number of benzene rings is 1. The standard InChI is InChI=1S/C11H14O5/c12-6-9(13)10(14)7-16-11(15)8-4-2-1-3-5-8/h1-5,9-10,12-14H,6-7H2. The lowest BCUT2D eigenvalue weighted by Gasteiger charge is -2.15. The Hall–Kier alpha value is -1.43. The quantitative estimate of drug-likeness (QED) is 0.592. The lowest BCUT2D eigenvalue weighted by Crippen LogP contribution is -2.34. The maximum absolute atomic E-state index is 11.4. The van der Waals surface area contributed by atoms with Crippen molar-refractivity contribution in [3.8, 4) is 0 Å². The van der Waals surface area contributed by atoms with Crippen LogP contribution < -0.4 is 0 Å². The van der Waals surface area contributed by atoms with Crippen LogP contribution in [0, 0.1) is 0 Å². The molecule has 0 amide bonds. The van der Waals surface area contributed by atoms with Crippen LogP contribution in [0.1, 0.15) is 10.4 Å². The Bertz CT molecular complexity index is 324. The van der Waals surface area contributed by atoms with Gasteiger partial charge < -0.3 is 20.1 Å². The highest BCUT2D eigenvalue weighted by Crippen LogP contribution is 2.02. The number of hydrogen-bond acceptors (Lipinski definition) is 5. The predicted octanol–water partition coefficient (Wildman–Crippen LogP) is -0.443. The van der Waals surface area contributed by atoms with Gasteiger partial charge >= 0.3 is 5.97 Å². The van der Waals surface area contributed by atoms with Gasteiger partial charge in [-0.1, -0.05) is 18.2 Å². The van der Waals surface area contributed by atoms with Crippen LogP contribution in [-0.4, -0.2) is 46.7 Å². The minimum Gasteiger partial charge on any atom is -0.459 e. The first-order valence-corrected chi connectivity index (χ1v) is 4.84. The van der Waals surface area contributed by atoms with E-state index in [0.29, 0.717) is 5.56 Å². The molecule has 3 N–H and O–H groups in total. The van der Waals surface area contributed by atoms with Crippen LogP contribution in [-0.2, 0) is 4.74 Å². The van der Waals surface area contributed by atoms with Crippen molar-refractivity contribution in [1.82, 2.24) is 0 Å². The summed E-state index contributed by atoms with van der Waals surface area (Å²) in [4.78, 5) is 11.4. The highest BCUT2D eigenvalue weighted by Gasteiger charge is 2.17. The van der Waals surface area contributed by atoms with Crippen molar-refractivity contribution in [2.45, 2.75) is 12.2 Å². The second kappa shape index (κ2) is 6.22. The minimum atomic E-state index is -1.30. The van der Waals surface area contributed by atoms with Crippen LogP contribution in [0.25, 0.3) is 0 Å². The Morgan fingerprint density at radius 3 is 2.38 bits per heavy atom. The number of esters is 1. The fourth-order valence-corrected chi connectivity index (χ4v) is 1.05. The van der Waals surface area contributed by atoms with E-state index in [1.54, 1.807) is 30.3 Å². The van der Waals surface area contributed by atoms with Gasteiger partial charge in [-0.05, 0) is 12.1 Å². The zero-order chi connectivity index (χ0) is 12.0. The van der Waals surface area contributed by atoms with Crippen molar-refractivity contribution < 1.29 is 24.9 Å². The number of carbonyl (C=O) groups is 1. The molecule has 5 heteroatoms. The van der Waals surface area contributed by atoms with E-state index in [1.165, 1.54) is 0 Å². The largest absolute Gasteiger partial charge is 0.459 e. The Kier molecular flexibility index (Phi) is 4.91. The Labute approximate surface area is 92.9 Å². The molecule has 2 atom stereocenters. The monoisotopic (exact) mass is 226 g/mol. The van der Waals surface area contributed by atoms with Gasteiger partial charge in [-0.15, -0.1) is 0 Å². The summed E-state index contributed by atoms with van der Waals surface area (Å²) in [7, 11) is 0. The fourth-order valence-electron chi connectivity index (χ4n) is 1.05. The van der Waals surface area contributed by atoms with Gasteiger partial charge in [0.2, 0.25) is 0 Å². The molecular formula is C11H14O5. The number of hydrogen-bond donors (Lipinski definition) is 3. The van der Waals surface area contributed by atoms with Crippen molar-refractivity contribution in [3.63, 3.8) is 0 Å². The third kappa shape index (κ3) is 3.62. The van der Waals surface area contributed by atoms with Crippen molar-refractivity contribution >= 4 is 5.97 Å². The Balaban J connectivity index is 2.42. The smallest absolute Gasteiger partial charge is 0.338 e. The molecule has 0 radical (unpaired) electrons. The van der Waals surface area contributed by atoms with Gasteiger partial charge in [0, 0.05) is 0 Å². The molecule has 1 aromatic rings. The van der Waals surface area contributed by atoms with Crippen LogP contribution in [0.4, 0.5) is 0 Å². The topological polar surface area (TPSA) is 87.0 Å². The van der Waals surface area contributed by atoms with Gasteiger partial charge in [-0.3, -0.25) is 0 Å². The van der Waals surface area contributed by atoms with Crippen molar-refractivity contribution in [2.75, 3.05) is 13.2 Å². The van der Waals surface area contributed by atoms with Crippen LogP contribution >= 0.6 is 0 Å². The van der Waals surface area contributed by atoms with Gasteiger partial charge in [0.05, 0.1) is 12.2 Å². The average Bonchev–Trinajstić information content (AvgIpc) is 2.35. The number of carbonyl (C=O) groups excluding carboxylic acids is 1. The zero-order valence-electron chi connectivity index (χ0n) is 8.61. The normalized spacial score (nSPS) is 14.2. The van der Waals surface area contributed by atoms with Crippen molar-refractivity contribution in [1.29, 1.82) is 0 Å². The van der Waals surface area contributed by atoms with Crippen LogP contribution in [0.3, 0.4) is 0 Å². The minimum absolute atomic E-state index is 0.352.